The lowest BCUT2D eigenvalue weighted by Gasteiger charge is -2.19. The van der Waals surface area contributed by atoms with E-state index >= 15 is 0 Å². The second-order valence-electron chi connectivity index (χ2n) is 3.89. The van der Waals surface area contributed by atoms with Crippen LogP contribution < -0.4 is 9.47 Å². The Morgan fingerprint density at radius 2 is 1.89 bits per heavy atom. The molecular weight excluding hydrogens is 250 g/mol. The number of hydrogen-bond acceptors (Lipinski definition) is 4. The topological polar surface area (TPSA) is 38.8 Å². The van der Waals surface area contributed by atoms with Crippen LogP contribution in [0.5, 0.6) is 11.5 Å². The first-order chi connectivity index (χ1) is 8.53. The molecule has 4 nitrogen and oxygen atoms in total. The molecule has 0 saturated carbocycles. The summed E-state index contributed by atoms with van der Waals surface area (Å²) >= 11 is 1.60. The van der Waals surface area contributed by atoms with E-state index in [1.54, 1.807) is 44.9 Å². The highest BCUT2D eigenvalue weighted by atomic mass is 32.2. The predicted molar refractivity (Wildman–Crippen MR) is 73.5 cm³/mol. The van der Waals surface area contributed by atoms with Crippen LogP contribution in [-0.4, -0.2) is 38.3 Å². The fraction of sp³-hybridized carbons (Fsp3) is 0.462. The molecule has 0 aliphatic rings. The summed E-state index contributed by atoms with van der Waals surface area (Å²) in [7, 11) is 5.03. The minimum Gasteiger partial charge on any atom is -0.496 e. The first kappa shape index (κ1) is 14.7. The summed E-state index contributed by atoms with van der Waals surface area (Å²) in [6.45, 7) is 2.05. The standard InChI is InChI=1S/C13H19NO3S/c1-9(15)14(2)8-10-6-12(17-4)13(18-5)7-11(10)16-3/h6-7H,8H2,1-5H3. The molecule has 0 unspecified atom stereocenters. The van der Waals surface area contributed by atoms with Crippen LogP contribution in [0.15, 0.2) is 17.0 Å². The Balaban J connectivity index is 3.13. The van der Waals surface area contributed by atoms with Crippen molar-refractivity contribution in [2.75, 3.05) is 27.5 Å². The van der Waals surface area contributed by atoms with E-state index in [-0.39, 0.29) is 5.91 Å². The van der Waals surface area contributed by atoms with Gasteiger partial charge in [-0.2, -0.15) is 0 Å². The van der Waals surface area contributed by atoms with E-state index in [0.29, 0.717) is 6.54 Å². The number of hydrogen-bond donors (Lipinski definition) is 0. The highest BCUT2D eigenvalue weighted by molar-refractivity contribution is 7.98. The van der Waals surface area contributed by atoms with Gasteiger partial charge in [0.05, 0.1) is 19.1 Å². The van der Waals surface area contributed by atoms with Gasteiger partial charge in [0.2, 0.25) is 5.91 Å². The van der Waals surface area contributed by atoms with E-state index < -0.39 is 0 Å². The number of benzene rings is 1. The predicted octanol–water partition coefficient (Wildman–Crippen LogP) is 2.40. The summed E-state index contributed by atoms with van der Waals surface area (Å²) < 4.78 is 10.7. The highest BCUT2D eigenvalue weighted by Crippen LogP contribution is 2.34. The lowest BCUT2D eigenvalue weighted by molar-refractivity contribution is -0.128. The molecule has 1 rings (SSSR count). The van der Waals surface area contributed by atoms with Crippen molar-refractivity contribution in [2.24, 2.45) is 0 Å². The van der Waals surface area contributed by atoms with Gasteiger partial charge in [0.25, 0.3) is 0 Å². The summed E-state index contributed by atoms with van der Waals surface area (Å²) in [4.78, 5) is 13.9. The molecule has 1 aromatic carbocycles. The Labute approximate surface area is 112 Å². The van der Waals surface area contributed by atoms with E-state index in [9.17, 15) is 4.79 Å². The summed E-state index contributed by atoms with van der Waals surface area (Å²) in [6, 6.07) is 3.86. The quantitative estimate of drug-likeness (QED) is 0.769. The van der Waals surface area contributed by atoms with Crippen molar-refractivity contribution >= 4 is 17.7 Å². The number of carbonyl (C=O) groups is 1. The maximum Gasteiger partial charge on any atom is 0.219 e. The number of nitrogens with zero attached hydrogens (tertiary/aromatic N) is 1. The smallest absolute Gasteiger partial charge is 0.219 e. The second kappa shape index (κ2) is 6.54. The normalized spacial score (nSPS) is 10.1. The third-order valence-corrected chi connectivity index (χ3v) is 3.49. The summed E-state index contributed by atoms with van der Waals surface area (Å²) in [6.07, 6.45) is 1.98. The highest BCUT2D eigenvalue weighted by Gasteiger charge is 2.13. The summed E-state index contributed by atoms with van der Waals surface area (Å²) in [5.74, 6) is 1.59. The van der Waals surface area contributed by atoms with Crippen LogP contribution in [0.2, 0.25) is 0 Å². The Hall–Kier alpha value is -1.36. The molecule has 1 aromatic rings. The number of amides is 1. The van der Waals surface area contributed by atoms with E-state index in [4.69, 9.17) is 9.47 Å². The molecule has 0 fully saturated rings. The fourth-order valence-corrected chi connectivity index (χ4v) is 2.15. The van der Waals surface area contributed by atoms with Crippen molar-refractivity contribution in [1.29, 1.82) is 0 Å². The molecule has 5 heteroatoms. The average Bonchev–Trinajstić information content (AvgIpc) is 2.37. The van der Waals surface area contributed by atoms with Gasteiger partial charge in [0.1, 0.15) is 11.5 Å². The monoisotopic (exact) mass is 269 g/mol. The molecule has 0 aliphatic heterocycles. The molecule has 0 N–H and O–H groups in total. The number of rotatable bonds is 5. The molecule has 100 valence electrons. The van der Waals surface area contributed by atoms with Crippen LogP contribution in [0.1, 0.15) is 12.5 Å². The maximum absolute atomic E-state index is 11.3. The van der Waals surface area contributed by atoms with Crippen LogP contribution in [0.3, 0.4) is 0 Å². The Bertz CT molecular complexity index is 434. The Morgan fingerprint density at radius 1 is 1.28 bits per heavy atom. The third-order valence-electron chi connectivity index (χ3n) is 2.73. The van der Waals surface area contributed by atoms with Gasteiger partial charge < -0.3 is 14.4 Å². The SMILES string of the molecule is COc1cc(SC)c(OC)cc1CN(C)C(C)=O. The molecule has 18 heavy (non-hydrogen) atoms. The summed E-state index contributed by atoms with van der Waals surface area (Å²) in [5, 5.41) is 0. The first-order valence-corrected chi connectivity index (χ1v) is 6.76. The van der Waals surface area contributed by atoms with Gasteiger partial charge in [-0.05, 0) is 18.4 Å². The van der Waals surface area contributed by atoms with E-state index in [1.807, 2.05) is 18.4 Å². The van der Waals surface area contributed by atoms with Crippen LogP contribution in [-0.2, 0) is 11.3 Å². The Kier molecular flexibility index (Phi) is 5.34. The van der Waals surface area contributed by atoms with Crippen molar-refractivity contribution in [3.8, 4) is 11.5 Å². The van der Waals surface area contributed by atoms with Gasteiger partial charge in [-0.25, -0.2) is 0 Å². The van der Waals surface area contributed by atoms with E-state index in [2.05, 4.69) is 0 Å². The second-order valence-corrected chi connectivity index (χ2v) is 4.74. The molecule has 0 saturated heterocycles. The van der Waals surface area contributed by atoms with Gasteiger partial charge in [-0.1, -0.05) is 0 Å². The van der Waals surface area contributed by atoms with Crippen LogP contribution in [0, 0.1) is 0 Å². The van der Waals surface area contributed by atoms with Gasteiger partial charge in [-0.15, -0.1) is 11.8 Å². The zero-order valence-corrected chi connectivity index (χ0v) is 12.3. The number of thioether (sulfide) groups is 1. The molecule has 0 heterocycles. The summed E-state index contributed by atoms with van der Waals surface area (Å²) in [5.41, 5.74) is 0.935. The molecule has 0 aromatic heterocycles. The average molecular weight is 269 g/mol. The maximum atomic E-state index is 11.3. The lowest BCUT2D eigenvalue weighted by atomic mass is 10.1. The largest absolute Gasteiger partial charge is 0.496 e. The van der Waals surface area contributed by atoms with Gasteiger partial charge >= 0.3 is 0 Å². The molecule has 0 atom stereocenters. The Morgan fingerprint density at radius 3 is 2.33 bits per heavy atom. The molecule has 0 radical (unpaired) electrons. The number of ether oxygens (including phenoxy) is 2. The molecular formula is C13H19NO3S. The third kappa shape index (κ3) is 3.32. The zero-order chi connectivity index (χ0) is 13.7. The minimum absolute atomic E-state index is 0.0185. The molecule has 1 amide bonds. The lowest BCUT2D eigenvalue weighted by Crippen LogP contribution is -2.23. The molecule has 0 spiro atoms. The molecule has 0 aliphatic carbocycles. The van der Waals surface area contributed by atoms with Crippen molar-refractivity contribution in [3.63, 3.8) is 0 Å². The minimum atomic E-state index is 0.0185. The molecule has 0 bridgehead atoms. The van der Waals surface area contributed by atoms with E-state index in [1.165, 1.54) is 0 Å². The van der Waals surface area contributed by atoms with Crippen molar-refractivity contribution in [3.05, 3.63) is 17.7 Å². The van der Waals surface area contributed by atoms with Crippen LogP contribution in [0.4, 0.5) is 0 Å². The van der Waals surface area contributed by atoms with Gasteiger partial charge in [-0.3, -0.25) is 4.79 Å². The number of carbonyl (C=O) groups excluding carboxylic acids is 1. The van der Waals surface area contributed by atoms with Crippen LogP contribution in [0.25, 0.3) is 0 Å². The zero-order valence-electron chi connectivity index (χ0n) is 11.4. The van der Waals surface area contributed by atoms with Gasteiger partial charge in [0.15, 0.2) is 0 Å². The first-order valence-electron chi connectivity index (χ1n) is 5.54. The van der Waals surface area contributed by atoms with Gasteiger partial charge in [0, 0.05) is 26.1 Å². The fourth-order valence-electron chi connectivity index (χ4n) is 1.58. The number of methoxy groups -OCH3 is 2. The van der Waals surface area contributed by atoms with Crippen molar-refractivity contribution < 1.29 is 14.3 Å². The van der Waals surface area contributed by atoms with Crippen LogP contribution >= 0.6 is 11.8 Å². The van der Waals surface area contributed by atoms with E-state index in [0.717, 1.165) is 22.0 Å². The van der Waals surface area contributed by atoms with Crippen molar-refractivity contribution in [1.82, 2.24) is 4.90 Å². The van der Waals surface area contributed by atoms with Crippen molar-refractivity contribution in [2.45, 2.75) is 18.4 Å².